The van der Waals surface area contributed by atoms with Gasteiger partial charge in [-0.3, -0.25) is 9.55 Å². The Balaban J connectivity index is 1.26. The lowest BCUT2D eigenvalue weighted by molar-refractivity contribution is 0.477. The normalized spacial score (nSPS) is 11.9. The predicted molar refractivity (Wildman–Crippen MR) is 255 cm³/mol. The van der Waals surface area contributed by atoms with Crippen LogP contribution in [0.2, 0.25) is 19.6 Å². The van der Waals surface area contributed by atoms with Crippen molar-refractivity contribution in [3.05, 3.63) is 188 Å². The lowest BCUT2D eigenvalue weighted by Gasteiger charge is -2.17. The maximum atomic E-state index is 12.0. The lowest BCUT2D eigenvalue weighted by Crippen LogP contribution is -2.37. The van der Waals surface area contributed by atoms with Gasteiger partial charge in [-0.1, -0.05) is 146 Å². The SMILES string of the molecule is C[Si](C)(C)c1ccnc(-c2cc(-c3cc(-c4ccccc4)cc4c3nc(-c3ccc(-c5ccccc5)cc3O)n4-c3cccc4ccccc34)cc3c2oc2ccccc23)c1. The second-order valence-corrected chi connectivity index (χ2v) is 21.9. The maximum absolute atomic E-state index is 12.0. The van der Waals surface area contributed by atoms with Crippen LogP contribution in [0.1, 0.15) is 0 Å². The van der Waals surface area contributed by atoms with Crippen LogP contribution < -0.4 is 5.19 Å². The quantitative estimate of drug-likeness (QED) is 0.163. The van der Waals surface area contributed by atoms with Gasteiger partial charge in [-0.2, -0.15) is 0 Å². The van der Waals surface area contributed by atoms with Crippen LogP contribution >= 0.6 is 0 Å². The summed E-state index contributed by atoms with van der Waals surface area (Å²) >= 11 is 0. The fourth-order valence-corrected chi connectivity index (χ4v) is 9.91. The number of phenolic OH excluding ortho intramolecular Hbond substituents is 1. The summed E-state index contributed by atoms with van der Waals surface area (Å²) in [5.41, 5.74) is 12.9. The highest BCUT2D eigenvalue weighted by Gasteiger charge is 2.25. The summed E-state index contributed by atoms with van der Waals surface area (Å²) in [6.45, 7) is 7.09. The van der Waals surface area contributed by atoms with Crippen LogP contribution in [0, 0.1) is 0 Å². The summed E-state index contributed by atoms with van der Waals surface area (Å²) in [5.74, 6) is 0.805. The molecule has 5 nitrogen and oxygen atoms in total. The van der Waals surface area contributed by atoms with Gasteiger partial charge < -0.3 is 9.52 Å². The molecule has 1 N–H and O–H groups in total. The van der Waals surface area contributed by atoms with Crippen molar-refractivity contribution in [3.63, 3.8) is 0 Å². The maximum Gasteiger partial charge on any atom is 0.149 e. The number of nitrogens with zero attached hydrogens (tertiary/aromatic N) is 3. The number of hydrogen-bond acceptors (Lipinski definition) is 4. The Morgan fingerprint density at radius 2 is 1.21 bits per heavy atom. The summed E-state index contributed by atoms with van der Waals surface area (Å²) in [7, 11) is -1.67. The number of rotatable bonds is 7. The number of aromatic nitrogens is 3. The van der Waals surface area contributed by atoms with E-state index in [1.165, 1.54) is 5.19 Å². The molecule has 6 heteroatoms. The third kappa shape index (κ3) is 6.31. The van der Waals surface area contributed by atoms with Crippen LogP contribution in [0.25, 0.3) is 105 Å². The minimum atomic E-state index is -1.67. The standard InChI is InChI=1S/C55H41N3O2Si/c1-61(2,3)41-27-28-56-48(34-41)47-31-40(30-46-43-22-12-13-24-52(43)60-54(46)47)45-29-39(36-17-8-5-9-18-36)32-50-53(45)57-55(58(50)49-23-14-20-37-19-10-11-21-42(37)49)44-26-25-38(33-51(44)59)35-15-6-4-7-16-35/h4-34,59H,1-3H3. The topological polar surface area (TPSA) is 64.1 Å². The number of fused-ring (bicyclic) bond motifs is 5. The van der Waals surface area contributed by atoms with Gasteiger partial charge in [0.25, 0.3) is 0 Å². The zero-order valence-electron chi connectivity index (χ0n) is 34.1. The highest BCUT2D eigenvalue weighted by molar-refractivity contribution is 6.88. The Labute approximate surface area is 354 Å². The summed E-state index contributed by atoms with van der Waals surface area (Å²) in [6.07, 6.45) is 1.94. The fraction of sp³-hybridized carbons (Fsp3) is 0.0545. The molecule has 0 radical (unpaired) electrons. The average Bonchev–Trinajstić information content (AvgIpc) is 3.87. The molecule has 0 aliphatic rings. The van der Waals surface area contributed by atoms with E-state index in [2.05, 4.69) is 164 Å². The molecule has 0 saturated carbocycles. The van der Waals surface area contributed by atoms with E-state index < -0.39 is 8.07 Å². The third-order valence-electron chi connectivity index (χ3n) is 11.9. The monoisotopic (exact) mass is 803 g/mol. The molecule has 11 aromatic rings. The van der Waals surface area contributed by atoms with E-state index in [-0.39, 0.29) is 5.75 Å². The number of phenols is 1. The molecule has 292 valence electrons. The van der Waals surface area contributed by atoms with Crippen molar-refractivity contribution in [3.8, 4) is 67.5 Å². The van der Waals surface area contributed by atoms with Crippen LogP contribution in [-0.2, 0) is 0 Å². The second-order valence-electron chi connectivity index (χ2n) is 16.8. The summed E-state index contributed by atoms with van der Waals surface area (Å²) in [5, 5.41) is 17.6. The van der Waals surface area contributed by atoms with Crippen molar-refractivity contribution in [2.24, 2.45) is 0 Å². The molecule has 3 heterocycles. The van der Waals surface area contributed by atoms with E-state index in [9.17, 15) is 5.11 Å². The first-order chi connectivity index (χ1) is 29.8. The molecule has 0 amide bonds. The second kappa shape index (κ2) is 14.3. The minimum Gasteiger partial charge on any atom is -0.507 e. The highest BCUT2D eigenvalue weighted by Crippen LogP contribution is 2.45. The van der Waals surface area contributed by atoms with Crippen LogP contribution in [-0.4, -0.2) is 27.7 Å². The van der Waals surface area contributed by atoms with Crippen molar-refractivity contribution in [2.75, 3.05) is 0 Å². The number of imidazole rings is 1. The van der Waals surface area contributed by atoms with Crippen molar-refractivity contribution >= 4 is 57.0 Å². The van der Waals surface area contributed by atoms with Crippen molar-refractivity contribution in [1.82, 2.24) is 14.5 Å². The van der Waals surface area contributed by atoms with E-state index in [1.54, 1.807) is 0 Å². The van der Waals surface area contributed by atoms with Crippen LogP contribution in [0.4, 0.5) is 0 Å². The van der Waals surface area contributed by atoms with Gasteiger partial charge >= 0.3 is 0 Å². The number of benzene rings is 8. The summed E-state index contributed by atoms with van der Waals surface area (Å²) in [4.78, 5) is 10.6. The predicted octanol–water partition coefficient (Wildman–Crippen LogP) is 14.1. The molecule has 0 aliphatic carbocycles. The Hall–Kier alpha value is -7.54. The zero-order chi connectivity index (χ0) is 41.2. The van der Waals surface area contributed by atoms with Crippen molar-refractivity contribution in [1.29, 1.82) is 0 Å². The summed E-state index contributed by atoms with van der Waals surface area (Å²) < 4.78 is 8.93. The first-order valence-corrected chi connectivity index (χ1v) is 24.2. The molecule has 0 saturated heterocycles. The van der Waals surface area contributed by atoms with Gasteiger partial charge in [0.15, 0.2) is 0 Å². The largest absolute Gasteiger partial charge is 0.507 e. The number of furan rings is 1. The molecule has 0 bridgehead atoms. The number of aromatic hydroxyl groups is 1. The van der Waals surface area contributed by atoms with Crippen molar-refractivity contribution in [2.45, 2.75) is 19.6 Å². The van der Waals surface area contributed by atoms with E-state index in [0.717, 1.165) is 94.1 Å². The molecule has 8 aromatic carbocycles. The Morgan fingerprint density at radius 3 is 1.98 bits per heavy atom. The Kier molecular flexibility index (Phi) is 8.58. The molecular weight excluding hydrogens is 763 g/mol. The van der Waals surface area contributed by atoms with Gasteiger partial charge in [-0.25, -0.2) is 4.98 Å². The van der Waals surface area contributed by atoms with Gasteiger partial charge in [-0.05, 0) is 93.9 Å². The first-order valence-electron chi connectivity index (χ1n) is 20.7. The van der Waals surface area contributed by atoms with Crippen LogP contribution in [0.5, 0.6) is 5.75 Å². The molecular formula is C55H41N3O2Si. The van der Waals surface area contributed by atoms with Crippen molar-refractivity contribution < 1.29 is 9.52 Å². The summed E-state index contributed by atoms with van der Waals surface area (Å²) in [6, 6.07) is 63.1. The smallest absolute Gasteiger partial charge is 0.149 e. The Morgan fingerprint density at radius 1 is 0.525 bits per heavy atom. The molecule has 0 spiro atoms. The van der Waals surface area contributed by atoms with Gasteiger partial charge in [0.05, 0.1) is 36.1 Å². The molecule has 0 aliphatic heterocycles. The average molecular weight is 804 g/mol. The molecule has 3 aromatic heterocycles. The zero-order valence-corrected chi connectivity index (χ0v) is 35.1. The highest BCUT2D eigenvalue weighted by atomic mass is 28.3. The molecule has 0 atom stereocenters. The molecule has 0 unspecified atom stereocenters. The number of pyridine rings is 1. The van der Waals surface area contributed by atoms with E-state index in [0.29, 0.717) is 11.4 Å². The first kappa shape index (κ1) is 36.5. The minimum absolute atomic E-state index is 0.157. The Bertz CT molecular complexity index is 3470. The van der Waals surface area contributed by atoms with E-state index >= 15 is 0 Å². The van der Waals surface area contributed by atoms with Gasteiger partial charge in [0.2, 0.25) is 0 Å². The van der Waals surface area contributed by atoms with E-state index in [1.807, 2.05) is 48.7 Å². The number of hydrogen-bond donors (Lipinski definition) is 1. The number of para-hydroxylation sites is 1. The molecule has 0 fully saturated rings. The third-order valence-corrected chi connectivity index (χ3v) is 14.0. The van der Waals surface area contributed by atoms with Gasteiger partial charge in [-0.15, -0.1) is 0 Å². The lowest BCUT2D eigenvalue weighted by atomic mass is 9.94. The van der Waals surface area contributed by atoms with E-state index in [4.69, 9.17) is 14.4 Å². The van der Waals surface area contributed by atoms with Gasteiger partial charge in [0, 0.05) is 33.5 Å². The fourth-order valence-electron chi connectivity index (χ4n) is 8.77. The molecule has 61 heavy (non-hydrogen) atoms. The van der Waals surface area contributed by atoms with Gasteiger partial charge in [0.1, 0.15) is 22.7 Å². The van der Waals surface area contributed by atoms with Crippen LogP contribution in [0.15, 0.2) is 193 Å². The van der Waals surface area contributed by atoms with Crippen LogP contribution in [0.3, 0.4) is 0 Å². The molecule has 11 rings (SSSR count).